The number of aldehydes is 1. The highest BCUT2D eigenvalue weighted by Crippen LogP contribution is 2.37. The Hall–Kier alpha value is -3.49. The van der Waals surface area contributed by atoms with E-state index in [0.717, 1.165) is 5.56 Å². The fraction of sp³-hybridized carbons (Fsp3) is 0.438. The van der Waals surface area contributed by atoms with E-state index < -0.39 is 24.2 Å². The number of nitrogens with one attached hydrogen (secondary N) is 1. The predicted octanol–water partition coefficient (Wildman–Crippen LogP) is 2.87. The van der Waals surface area contributed by atoms with Gasteiger partial charge in [0.25, 0.3) is 0 Å². The lowest BCUT2D eigenvalue weighted by Gasteiger charge is -2.41. The summed E-state index contributed by atoms with van der Waals surface area (Å²) >= 11 is 2.00. The van der Waals surface area contributed by atoms with Crippen molar-refractivity contribution in [1.82, 2.24) is 10.2 Å². The van der Waals surface area contributed by atoms with Gasteiger partial charge in [-0.2, -0.15) is 0 Å². The molecular weight excluding hydrogens is 683 g/mol. The van der Waals surface area contributed by atoms with Crippen LogP contribution in [0.25, 0.3) is 0 Å². The van der Waals surface area contributed by atoms with E-state index >= 15 is 0 Å². The minimum Gasteiger partial charge on any atom is -0.496 e. The zero-order chi connectivity index (χ0) is 32.2. The summed E-state index contributed by atoms with van der Waals surface area (Å²) in [6.45, 7) is 1.43. The largest absolute Gasteiger partial charge is 0.496 e. The van der Waals surface area contributed by atoms with Crippen molar-refractivity contribution in [2.75, 3.05) is 33.9 Å². The van der Waals surface area contributed by atoms with E-state index in [1.165, 1.54) is 26.2 Å². The second-order valence-electron chi connectivity index (χ2n) is 10.4. The molecule has 11 nitrogen and oxygen atoms in total. The Kier molecular flexibility index (Phi) is 13.6. The number of rotatable bonds is 16. The van der Waals surface area contributed by atoms with Crippen molar-refractivity contribution in [2.24, 2.45) is 0 Å². The summed E-state index contributed by atoms with van der Waals surface area (Å²) in [6, 6.07) is 9.68. The Morgan fingerprint density at radius 1 is 1.11 bits per heavy atom. The first-order valence-electron chi connectivity index (χ1n) is 14.3. The minimum atomic E-state index is -1.26. The van der Waals surface area contributed by atoms with Gasteiger partial charge in [-0.1, -0.05) is 18.2 Å². The fourth-order valence-corrected chi connectivity index (χ4v) is 5.85. The van der Waals surface area contributed by atoms with Gasteiger partial charge in [0.05, 0.1) is 30.4 Å². The molecule has 3 N–H and O–H groups in total. The van der Waals surface area contributed by atoms with Crippen LogP contribution in [0.15, 0.2) is 48.0 Å². The molecule has 0 saturated heterocycles. The van der Waals surface area contributed by atoms with Gasteiger partial charge in [-0.05, 0) is 72.2 Å². The van der Waals surface area contributed by atoms with E-state index in [9.17, 15) is 29.4 Å². The lowest BCUT2D eigenvalue weighted by Crippen LogP contribution is -2.55. The quantitative estimate of drug-likeness (QED) is 0.176. The molecule has 0 heterocycles. The molecule has 0 fully saturated rings. The Morgan fingerprint density at radius 3 is 2.50 bits per heavy atom. The van der Waals surface area contributed by atoms with E-state index in [4.69, 9.17) is 14.2 Å². The highest BCUT2D eigenvalue weighted by atomic mass is 127. The first-order valence-corrected chi connectivity index (χ1v) is 15.4. The molecule has 0 saturated carbocycles. The molecule has 0 unspecified atom stereocenters. The van der Waals surface area contributed by atoms with Crippen molar-refractivity contribution < 1.29 is 43.6 Å². The number of nitrogens with zero attached hydrogens (tertiary/aromatic N) is 1. The van der Waals surface area contributed by atoms with Crippen LogP contribution in [0.4, 0.5) is 0 Å². The number of carbonyl (C=O) groups is 4. The van der Waals surface area contributed by atoms with Gasteiger partial charge in [0.1, 0.15) is 30.0 Å². The van der Waals surface area contributed by atoms with Gasteiger partial charge in [0.2, 0.25) is 11.8 Å². The third kappa shape index (κ3) is 9.26. The van der Waals surface area contributed by atoms with Crippen molar-refractivity contribution >= 4 is 46.5 Å². The predicted molar refractivity (Wildman–Crippen MR) is 171 cm³/mol. The lowest BCUT2D eigenvalue weighted by atomic mass is 9.87. The second kappa shape index (κ2) is 17.1. The number of carbonyl (C=O) groups excluding carboxylic acids is 4. The third-order valence-electron chi connectivity index (χ3n) is 7.31. The summed E-state index contributed by atoms with van der Waals surface area (Å²) < 4.78 is 17.8. The van der Waals surface area contributed by atoms with Crippen LogP contribution in [0.1, 0.15) is 48.5 Å². The number of para-hydroxylation sites is 1. The van der Waals surface area contributed by atoms with Crippen LogP contribution in [0, 0.1) is 3.57 Å². The first kappa shape index (κ1) is 35.0. The zero-order valence-electron chi connectivity index (χ0n) is 25.1. The van der Waals surface area contributed by atoms with Gasteiger partial charge in [-0.15, -0.1) is 0 Å². The van der Waals surface area contributed by atoms with Crippen molar-refractivity contribution in [2.45, 2.75) is 57.3 Å². The Morgan fingerprint density at radius 2 is 1.84 bits per heavy atom. The van der Waals surface area contributed by atoms with Gasteiger partial charge in [-0.3, -0.25) is 14.4 Å². The molecule has 1 aliphatic carbocycles. The highest BCUT2D eigenvalue weighted by Gasteiger charge is 2.40. The van der Waals surface area contributed by atoms with Gasteiger partial charge in [0.15, 0.2) is 11.5 Å². The Balaban J connectivity index is 2.01. The van der Waals surface area contributed by atoms with Crippen LogP contribution < -0.4 is 19.5 Å². The average Bonchev–Trinajstić information content (AvgIpc) is 3.01. The summed E-state index contributed by atoms with van der Waals surface area (Å²) in [7, 11) is 2.99. The van der Waals surface area contributed by atoms with Crippen molar-refractivity contribution in [1.29, 1.82) is 0 Å². The van der Waals surface area contributed by atoms with Crippen LogP contribution in [-0.4, -0.2) is 91.2 Å². The van der Waals surface area contributed by atoms with Crippen LogP contribution in [0.5, 0.6) is 17.2 Å². The zero-order valence-corrected chi connectivity index (χ0v) is 27.2. The molecule has 0 spiro atoms. The van der Waals surface area contributed by atoms with E-state index in [-0.39, 0.29) is 67.7 Å². The summed E-state index contributed by atoms with van der Waals surface area (Å²) in [5.74, 6) is 0.426. The molecule has 0 aliphatic heterocycles. The number of hydrogen-bond acceptors (Lipinski definition) is 9. The molecule has 0 aromatic heterocycles. The average molecular weight is 723 g/mol. The number of Topliss-reactive ketones (excluding diaryl/α,β-unsaturated/α-hetero) is 1. The summed E-state index contributed by atoms with van der Waals surface area (Å²) in [4.78, 5) is 51.4. The third-order valence-corrected chi connectivity index (χ3v) is 8.11. The molecule has 238 valence electrons. The van der Waals surface area contributed by atoms with E-state index in [2.05, 4.69) is 5.32 Å². The van der Waals surface area contributed by atoms with E-state index in [1.807, 2.05) is 46.9 Å². The maximum absolute atomic E-state index is 13.7. The van der Waals surface area contributed by atoms with Gasteiger partial charge in [-0.25, -0.2) is 0 Å². The van der Waals surface area contributed by atoms with Crippen LogP contribution in [-0.2, 0) is 20.8 Å². The summed E-state index contributed by atoms with van der Waals surface area (Å²) in [6.07, 6.45) is 0.963. The van der Waals surface area contributed by atoms with Crippen LogP contribution in [0.3, 0.4) is 0 Å². The molecule has 3 rings (SSSR count). The fourth-order valence-electron chi connectivity index (χ4n) is 5.10. The molecule has 3 atom stereocenters. The maximum Gasteiger partial charge on any atom is 0.247 e. The van der Waals surface area contributed by atoms with Crippen molar-refractivity contribution in [3.8, 4) is 17.2 Å². The maximum atomic E-state index is 13.7. The summed E-state index contributed by atoms with van der Waals surface area (Å²) in [5.41, 5.74) is 1.51. The topological polar surface area (TPSA) is 152 Å². The number of methoxy groups -OCH3 is 2. The SMILES string of the molecule is COc1ccccc1CCN(C(=O)CCCC(C)=O)[C@@H]1CC(C(=O)NCCO)=C[C@H](Oc2c(I)cc(C=O)cc2OC)[C@H]1O. The second-order valence-corrected chi connectivity index (χ2v) is 11.5. The molecule has 0 bridgehead atoms. The Labute approximate surface area is 270 Å². The molecule has 12 heteroatoms. The Bertz CT molecular complexity index is 1360. The smallest absolute Gasteiger partial charge is 0.247 e. The monoisotopic (exact) mass is 722 g/mol. The molecule has 0 radical (unpaired) electrons. The minimum absolute atomic E-state index is 0.0231. The van der Waals surface area contributed by atoms with E-state index in [1.54, 1.807) is 18.1 Å². The van der Waals surface area contributed by atoms with E-state index in [0.29, 0.717) is 34.0 Å². The first-order chi connectivity index (χ1) is 21.1. The molecule has 2 aromatic carbocycles. The molecule has 2 amide bonds. The van der Waals surface area contributed by atoms with Gasteiger partial charge in [0, 0.05) is 43.5 Å². The number of aliphatic hydroxyl groups excluding tert-OH is 2. The van der Waals surface area contributed by atoms with Gasteiger partial charge >= 0.3 is 0 Å². The van der Waals surface area contributed by atoms with Crippen LogP contribution in [0.2, 0.25) is 0 Å². The number of aliphatic hydroxyl groups is 2. The molecule has 2 aromatic rings. The number of amides is 2. The number of benzene rings is 2. The molecule has 44 heavy (non-hydrogen) atoms. The van der Waals surface area contributed by atoms with Crippen molar-refractivity contribution in [3.05, 3.63) is 62.7 Å². The highest BCUT2D eigenvalue weighted by molar-refractivity contribution is 14.1. The molecular formula is C32H39IN2O9. The number of halogens is 1. The van der Waals surface area contributed by atoms with Crippen molar-refractivity contribution in [3.63, 3.8) is 0 Å². The number of hydrogen-bond donors (Lipinski definition) is 3. The number of ether oxygens (including phenoxy) is 3. The standard InChI is InChI=1S/C32H39IN2O9/c1-20(38)7-6-10-29(39)35(13-11-22-8-4-5-9-26(22)42-2)25-17-23(32(41)34-12-14-36)18-27(30(25)40)44-31-24(33)15-21(19-37)16-28(31)43-3/h4-5,8-9,15-16,18-19,25,27,30,36,40H,6-7,10-14,17H2,1-3H3,(H,34,41)/t25-,27+,30+/m1/s1. The summed E-state index contributed by atoms with van der Waals surface area (Å²) in [5, 5.41) is 23.6. The lowest BCUT2D eigenvalue weighted by molar-refractivity contribution is -0.138. The van der Waals surface area contributed by atoms with Gasteiger partial charge < -0.3 is 39.4 Å². The normalized spacial score (nSPS) is 17.7. The van der Waals surface area contributed by atoms with Crippen LogP contribution >= 0.6 is 22.6 Å². The number of ketones is 1. The molecule has 1 aliphatic rings.